The first-order valence-electron chi connectivity index (χ1n) is 13.3. The molecule has 3 amide bonds. The molecule has 0 heterocycles. The monoisotopic (exact) mass is 541 g/mol. The van der Waals surface area contributed by atoms with E-state index in [1.54, 1.807) is 40.0 Å². The van der Waals surface area contributed by atoms with Crippen molar-refractivity contribution in [3.8, 4) is 0 Å². The van der Waals surface area contributed by atoms with Crippen LogP contribution in [0.4, 0.5) is 10.5 Å². The van der Waals surface area contributed by atoms with Crippen LogP contribution in [-0.4, -0.2) is 41.5 Å². The van der Waals surface area contributed by atoms with Gasteiger partial charge in [-0.1, -0.05) is 79.4 Å². The summed E-state index contributed by atoms with van der Waals surface area (Å²) in [7, 11) is 1.58. The molecule has 7 heteroatoms. The van der Waals surface area contributed by atoms with Crippen LogP contribution in [0, 0.1) is 13.8 Å². The molecule has 40 heavy (non-hydrogen) atoms. The van der Waals surface area contributed by atoms with Gasteiger partial charge in [-0.2, -0.15) is 0 Å². The number of aryl methyl sites for hydroxylation is 2. The highest BCUT2D eigenvalue weighted by Crippen LogP contribution is 2.27. The maximum absolute atomic E-state index is 14.1. The van der Waals surface area contributed by atoms with E-state index in [-0.39, 0.29) is 12.3 Å². The first kappa shape index (κ1) is 30.2. The molecular weight excluding hydrogens is 502 g/mol. The Morgan fingerprint density at radius 1 is 0.950 bits per heavy atom. The fourth-order valence-corrected chi connectivity index (χ4v) is 4.48. The Hall–Kier alpha value is -4.39. The predicted octanol–water partition coefficient (Wildman–Crippen LogP) is 6.22. The second-order valence-corrected chi connectivity index (χ2v) is 10.9. The minimum atomic E-state index is -0.981. The molecule has 2 unspecified atom stereocenters. The third-order valence-corrected chi connectivity index (χ3v) is 6.45. The Bertz CT molecular complexity index is 1340. The van der Waals surface area contributed by atoms with Crippen LogP contribution >= 0.6 is 0 Å². The molecule has 0 aliphatic rings. The van der Waals surface area contributed by atoms with Crippen LogP contribution < -0.4 is 10.6 Å². The molecule has 0 aliphatic heterocycles. The number of nitrogens with zero attached hydrogens (tertiary/aromatic N) is 1. The van der Waals surface area contributed by atoms with E-state index in [0.29, 0.717) is 11.3 Å². The van der Waals surface area contributed by atoms with E-state index in [0.717, 1.165) is 22.3 Å². The molecule has 7 nitrogen and oxygen atoms in total. The largest absolute Gasteiger partial charge is 0.444 e. The highest BCUT2D eigenvalue weighted by Gasteiger charge is 2.34. The van der Waals surface area contributed by atoms with E-state index in [1.165, 1.54) is 4.90 Å². The van der Waals surface area contributed by atoms with Crippen LogP contribution in [0.15, 0.2) is 79.4 Å². The lowest BCUT2D eigenvalue weighted by atomic mass is 9.99. The van der Waals surface area contributed by atoms with E-state index in [2.05, 4.69) is 17.2 Å². The Morgan fingerprint density at radius 2 is 1.57 bits per heavy atom. The van der Waals surface area contributed by atoms with Crippen molar-refractivity contribution in [2.75, 3.05) is 12.4 Å². The van der Waals surface area contributed by atoms with E-state index < -0.39 is 29.7 Å². The van der Waals surface area contributed by atoms with Crippen LogP contribution in [0.1, 0.15) is 54.6 Å². The Balaban J connectivity index is 2.00. The lowest BCUT2D eigenvalue weighted by Crippen LogP contribution is -2.52. The Kier molecular flexibility index (Phi) is 9.88. The minimum Gasteiger partial charge on any atom is -0.444 e. The van der Waals surface area contributed by atoms with Gasteiger partial charge in [0.2, 0.25) is 5.91 Å². The number of para-hydroxylation sites is 1. The van der Waals surface area contributed by atoms with Gasteiger partial charge in [-0.05, 0) is 68.5 Å². The number of hydrogen-bond acceptors (Lipinski definition) is 4. The fourth-order valence-electron chi connectivity index (χ4n) is 4.48. The maximum Gasteiger partial charge on any atom is 0.408 e. The number of carbonyl (C=O) groups excluding carboxylic acids is 3. The summed E-state index contributed by atoms with van der Waals surface area (Å²) in [6.45, 7) is 13.0. The molecule has 2 atom stereocenters. The van der Waals surface area contributed by atoms with Crippen molar-refractivity contribution in [3.05, 3.63) is 107 Å². The van der Waals surface area contributed by atoms with Crippen LogP contribution in [-0.2, 0) is 20.7 Å². The molecule has 0 aromatic heterocycles. The first-order valence-corrected chi connectivity index (χ1v) is 13.3. The zero-order chi connectivity index (χ0) is 29.4. The summed E-state index contributed by atoms with van der Waals surface area (Å²) in [6, 6.07) is 20.6. The van der Waals surface area contributed by atoms with Gasteiger partial charge >= 0.3 is 6.09 Å². The molecule has 0 radical (unpaired) electrons. The molecule has 210 valence electrons. The minimum absolute atomic E-state index is 0.223. The van der Waals surface area contributed by atoms with Gasteiger partial charge in [0.05, 0.1) is 0 Å². The van der Waals surface area contributed by atoms with Gasteiger partial charge in [0.1, 0.15) is 17.7 Å². The first-order chi connectivity index (χ1) is 18.9. The van der Waals surface area contributed by atoms with Gasteiger partial charge in [-0.25, -0.2) is 4.79 Å². The summed E-state index contributed by atoms with van der Waals surface area (Å²) in [4.78, 5) is 42.1. The van der Waals surface area contributed by atoms with Gasteiger partial charge in [-0.3, -0.25) is 9.59 Å². The molecule has 0 bridgehead atoms. The number of likely N-dealkylation sites (N-methyl/N-ethyl adjacent to an activating group) is 1. The quantitative estimate of drug-likeness (QED) is 0.337. The van der Waals surface area contributed by atoms with E-state index in [4.69, 9.17) is 4.74 Å². The number of rotatable bonds is 9. The normalized spacial score (nSPS) is 12.6. The zero-order valence-electron chi connectivity index (χ0n) is 24.2. The summed E-state index contributed by atoms with van der Waals surface area (Å²) >= 11 is 0. The maximum atomic E-state index is 14.1. The summed E-state index contributed by atoms with van der Waals surface area (Å²) < 4.78 is 5.45. The van der Waals surface area contributed by atoms with Crippen molar-refractivity contribution in [1.29, 1.82) is 0 Å². The van der Waals surface area contributed by atoms with E-state index >= 15 is 0 Å². The Labute approximate surface area is 237 Å². The second kappa shape index (κ2) is 13.1. The number of hydrogen-bond donors (Lipinski definition) is 2. The predicted molar refractivity (Wildman–Crippen MR) is 160 cm³/mol. The molecule has 0 fully saturated rings. The number of anilines is 1. The molecule has 3 aromatic carbocycles. The number of benzene rings is 3. The molecule has 0 saturated carbocycles. The summed E-state index contributed by atoms with van der Waals surface area (Å²) in [6.07, 6.45) is 1.20. The van der Waals surface area contributed by atoms with Crippen molar-refractivity contribution < 1.29 is 19.1 Å². The number of nitrogens with one attached hydrogen (secondary N) is 2. The van der Waals surface area contributed by atoms with Crippen molar-refractivity contribution >= 4 is 29.7 Å². The third-order valence-electron chi connectivity index (χ3n) is 6.45. The number of carbonyl (C=O) groups is 3. The summed E-state index contributed by atoms with van der Waals surface area (Å²) in [5.41, 5.74) is 4.07. The highest BCUT2D eigenvalue weighted by molar-refractivity contribution is 6.00. The zero-order valence-corrected chi connectivity index (χ0v) is 24.2. The molecule has 3 rings (SSSR count). The van der Waals surface area contributed by atoms with Crippen LogP contribution in [0.3, 0.4) is 0 Å². The molecule has 0 spiro atoms. The molecule has 0 saturated heterocycles. The lowest BCUT2D eigenvalue weighted by molar-refractivity contribution is -0.139. The lowest BCUT2D eigenvalue weighted by Gasteiger charge is -2.32. The van der Waals surface area contributed by atoms with E-state index in [1.807, 2.05) is 80.6 Å². The molecule has 0 aliphatic carbocycles. The average molecular weight is 542 g/mol. The number of ether oxygens (including phenoxy) is 1. The smallest absolute Gasteiger partial charge is 0.408 e. The van der Waals surface area contributed by atoms with Gasteiger partial charge in [0.15, 0.2) is 0 Å². The second-order valence-electron chi connectivity index (χ2n) is 10.9. The van der Waals surface area contributed by atoms with Gasteiger partial charge in [0.25, 0.3) is 5.91 Å². The van der Waals surface area contributed by atoms with Gasteiger partial charge in [-0.15, -0.1) is 0 Å². The standard InChI is InChI=1S/C33H39N3O4/c1-8-24-18-13-19-26(20-24)29(30(37)35-28-22(2)14-12-15-23(28)3)36(7)31(38)27(21-25-16-10-9-11-17-25)34-32(39)40-33(4,5)6/h8-20,27,29H,1,21H2,2-7H3,(H,34,39)(H,35,37). The molecular formula is C33H39N3O4. The topological polar surface area (TPSA) is 87.7 Å². The third kappa shape index (κ3) is 8.06. The van der Waals surface area contributed by atoms with Crippen molar-refractivity contribution in [1.82, 2.24) is 10.2 Å². The summed E-state index contributed by atoms with van der Waals surface area (Å²) in [5.74, 6) is -0.800. The van der Waals surface area contributed by atoms with Crippen LogP contribution in [0.25, 0.3) is 6.08 Å². The SMILES string of the molecule is C=Cc1cccc(C(C(=O)Nc2c(C)cccc2C)N(C)C(=O)C(Cc2ccccc2)NC(=O)OC(C)(C)C)c1. The number of alkyl carbamates (subject to hydrolysis) is 1. The van der Waals surface area contributed by atoms with Crippen LogP contribution in [0.2, 0.25) is 0 Å². The van der Waals surface area contributed by atoms with Crippen molar-refractivity contribution in [2.45, 2.75) is 58.7 Å². The van der Waals surface area contributed by atoms with Crippen molar-refractivity contribution in [2.24, 2.45) is 0 Å². The number of amides is 3. The average Bonchev–Trinajstić information content (AvgIpc) is 2.90. The van der Waals surface area contributed by atoms with E-state index in [9.17, 15) is 14.4 Å². The summed E-state index contributed by atoms with van der Waals surface area (Å²) in [5, 5.41) is 5.78. The van der Waals surface area contributed by atoms with Crippen LogP contribution in [0.5, 0.6) is 0 Å². The molecule has 3 aromatic rings. The fraction of sp³-hybridized carbons (Fsp3) is 0.303. The van der Waals surface area contributed by atoms with Gasteiger partial charge in [0, 0.05) is 19.2 Å². The van der Waals surface area contributed by atoms with Crippen molar-refractivity contribution in [3.63, 3.8) is 0 Å². The molecule has 2 N–H and O–H groups in total. The Morgan fingerprint density at radius 3 is 2.17 bits per heavy atom. The van der Waals surface area contributed by atoms with Gasteiger partial charge < -0.3 is 20.3 Å². The highest BCUT2D eigenvalue weighted by atomic mass is 16.6.